The van der Waals surface area contributed by atoms with Gasteiger partial charge in [0.25, 0.3) is 0 Å². The van der Waals surface area contributed by atoms with Crippen molar-refractivity contribution in [3.8, 4) is 0 Å². The third-order valence-corrected chi connectivity index (χ3v) is 2.94. The first kappa shape index (κ1) is 10.7. The number of aromatic amines is 1. The molecule has 1 N–H and O–H groups in total. The van der Waals surface area contributed by atoms with E-state index in [1.165, 1.54) is 0 Å². The van der Waals surface area contributed by atoms with Crippen LogP contribution in [0.2, 0.25) is 0 Å². The third kappa shape index (κ3) is 3.91. The second kappa shape index (κ2) is 6.16. The second-order valence-corrected chi connectivity index (χ2v) is 4.19. The van der Waals surface area contributed by atoms with Gasteiger partial charge in [-0.3, -0.25) is 4.79 Å². The summed E-state index contributed by atoms with van der Waals surface area (Å²) in [5.74, 6) is 2.64. The lowest BCUT2D eigenvalue weighted by Gasteiger charge is -1.97. The van der Waals surface area contributed by atoms with Gasteiger partial charge in [-0.15, -0.1) is 0 Å². The number of carbonyl (C=O) groups is 1. The molecule has 0 aliphatic rings. The molecule has 0 bridgehead atoms. The predicted octanol–water partition coefficient (Wildman–Crippen LogP) is 2.25. The van der Waals surface area contributed by atoms with Crippen molar-refractivity contribution in [1.82, 2.24) is 4.98 Å². The largest absolute Gasteiger partial charge is 0.359 e. The fourth-order valence-corrected chi connectivity index (χ4v) is 2.12. The van der Waals surface area contributed by atoms with Crippen molar-refractivity contribution in [1.29, 1.82) is 0 Å². The van der Waals surface area contributed by atoms with Crippen LogP contribution in [0.4, 0.5) is 0 Å². The van der Waals surface area contributed by atoms with E-state index in [1.807, 2.05) is 12.1 Å². The lowest BCUT2D eigenvalue weighted by molar-refractivity contribution is 0.101. The molecule has 4 heteroatoms. The monoisotopic (exact) mass is 215 g/mol. The van der Waals surface area contributed by atoms with Crippen molar-refractivity contribution in [2.45, 2.75) is 6.42 Å². The van der Waals surface area contributed by atoms with Gasteiger partial charge < -0.3 is 4.98 Å². The Kier molecular flexibility index (Phi) is 5.08. The van der Waals surface area contributed by atoms with E-state index in [2.05, 4.69) is 17.6 Å². The Hall–Kier alpha value is -0.350. The molecular weight excluding hydrogens is 202 g/mol. The van der Waals surface area contributed by atoms with Crippen molar-refractivity contribution in [2.75, 3.05) is 17.3 Å². The van der Waals surface area contributed by atoms with Gasteiger partial charge in [0, 0.05) is 6.20 Å². The first-order chi connectivity index (χ1) is 6.34. The average molecular weight is 215 g/mol. The van der Waals surface area contributed by atoms with E-state index in [4.69, 9.17) is 0 Å². The molecule has 0 spiro atoms. The quantitative estimate of drug-likeness (QED) is 0.433. The lowest BCUT2D eigenvalue weighted by atomic mass is 10.3. The molecule has 0 aromatic carbocycles. The maximum atomic E-state index is 11.4. The number of thioether (sulfide) groups is 1. The van der Waals surface area contributed by atoms with Crippen LogP contribution in [0, 0.1) is 0 Å². The SMILES string of the molecule is O=C(CSCCCS)c1ccc[nH]1. The van der Waals surface area contributed by atoms with E-state index in [-0.39, 0.29) is 5.78 Å². The minimum atomic E-state index is 0.175. The topological polar surface area (TPSA) is 32.9 Å². The first-order valence-corrected chi connectivity index (χ1v) is 5.98. The van der Waals surface area contributed by atoms with E-state index >= 15 is 0 Å². The number of carbonyl (C=O) groups excluding carboxylic acids is 1. The second-order valence-electron chi connectivity index (χ2n) is 2.64. The van der Waals surface area contributed by atoms with Crippen LogP contribution in [-0.4, -0.2) is 28.0 Å². The molecule has 0 unspecified atom stereocenters. The number of thiol groups is 1. The summed E-state index contributed by atoms with van der Waals surface area (Å²) < 4.78 is 0. The van der Waals surface area contributed by atoms with Gasteiger partial charge in [-0.2, -0.15) is 24.4 Å². The number of hydrogen-bond acceptors (Lipinski definition) is 3. The molecule has 13 heavy (non-hydrogen) atoms. The van der Waals surface area contributed by atoms with E-state index in [0.717, 1.165) is 17.9 Å². The van der Waals surface area contributed by atoms with E-state index in [9.17, 15) is 4.79 Å². The normalized spacial score (nSPS) is 10.2. The summed E-state index contributed by atoms with van der Waals surface area (Å²) in [6.07, 6.45) is 2.83. The van der Waals surface area contributed by atoms with Gasteiger partial charge >= 0.3 is 0 Å². The predicted molar refractivity (Wildman–Crippen MR) is 60.9 cm³/mol. The summed E-state index contributed by atoms with van der Waals surface area (Å²) in [6, 6.07) is 3.65. The molecule has 0 aliphatic carbocycles. The molecule has 0 saturated heterocycles. The van der Waals surface area contributed by atoms with Gasteiger partial charge in [-0.25, -0.2) is 0 Å². The highest BCUT2D eigenvalue weighted by molar-refractivity contribution is 8.00. The molecule has 2 nitrogen and oxygen atoms in total. The Morgan fingerprint density at radius 3 is 3.08 bits per heavy atom. The number of hydrogen-bond donors (Lipinski definition) is 2. The molecule has 72 valence electrons. The summed E-state index contributed by atoms with van der Waals surface area (Å²) in [5.41, 5.74) is 0.707. The van der Waals surface area contributed by atoms with Crippen molar-refractivity contribution >= 4 is 30.2 Å². The molecule has 0 saturated carbocycles. The van der Waals surface area contributed by atoms with Gasteiger partial charge in [-0.05, 0) is 30.1 Å². The molecule has 1 aromatic heterocycles. The zero-order valence-corrected chi connectivity index (χ0v) is 9.04. The number of H-pyrrole nitrogens is 1. The fourth-order valence-electron chi connectivity index (χ4n) is 0.913. The number of ketones is 1. The Bertz CT molecular complexity index is 246. The molecule has 0 aliphatic heterocycles. The van der Waals surface area contributed by atoms with Crippen LogP contribution in [0.5, 0.6) is 0 Å². The third-order valence-electron chi connectivity index (χ3n) is 1.58. The molecular formula is C9H13NOS2. The highest BCUT2D eigenvalue weighted by Crippen LogP contribution is 2.07. The zero-order valence-electron chi connectivity index (χ0n) is 7.32. The molecule has 0 amide bonds. The van der Waals surface area contributed by atoms with Gasteiger partial charge in [0.1, 0.15) is 0 Å². The Morgan fingerprint density at radius 2 is 2.46 bits per heavy atom. The zero-order chi connectivity index (χ0) is 9.52. The van der Waals surface area contributed by atoms with Crippen molar-refractivity contribution in [3.05, 3.63) is 24.0 Å². The van der Waals surface area contributed by atoms with Gasteiger partial charge in [0.05, 0.1) is 11.4 Å². The fraction of sp³-hybridized carbons (Fsp3) is 0.444. The highest BCUT2D eigenvalue weighted by Gasteiger charge is 2.04. The van der Waals surface area contributed by atoms with Crippen LogP contribution in [0.25, 0.3) is 0 Å². The summed E-state index contributed by atoms with van der Waals surface area (Å²) in [4.78, 5) is 14.3. The minimum Gasteiger partial charge on any atom is -0.359 e. The average Bonchev–Trinajstić information content (AvgIpc) is 2.65. The molecule has 0 atom stereocenters. The van der Waals surface area contributed by atoms with Crippen molar-refractivity contribution in [2.24, 2.45) is 0 Å². The summed E-state index contributed by atoms with van der Waals surface area (Å²) in [7, 11) is 0. The Balaban J connectivity index is 2.19. The molecule has 1 aromatic rings. The van der Waals surface area contributed by atoms with Crippen LogP contribution in [-0.2, 0) is 0 Å². The van der Waals surface area contributed by atoms with Crippen LogP contribution < -0.4 is 0 Å². The maximum absolute atomic E-state index is 11.4. The van der Waals surface area contributed by atoms with Crippen molar-refractivity contribution < 1.29 is 4.79 Å². The van der Waals surface area contributed by atoms with Crippen LogP contribution in [0.15, 0.2) is 18.3 Å². The van der Waals surface area contributed by atoms with E-state index < -0.39 is 0 Å². The van der Waals surface area contributed by atoms with E-state index in [1.54, 1.807) is 18.0 Å². The van der Waals surface area contributed by atoms with Gasteiger partial charge in [0.2, 0.25) is 0 Å². The van der Waals surface area contributed by atoms with Gasteiger partial charge in [0.15, 0.2) is 5.78 Å². The van der Waals surface area contributed by atoms with Gasteiger partial charge in [-0.1, -0.05) is 0 Å². The molecule has 1 rings (SSSR count). The highest BCUT2D eigenvalue weighted by atomic mass is 32.2. The standard InChI is InChI=1S/C9H13NOS2/c11-9(7-13-6-2-5-12)8-3-1-4-10-8/h1,3-4,10,12H,2,5-7H2. The maximum Gasteiger partial charge on any atom is 0.188 e. The molecule has 1 heterocycles. The summed E-state index contributed by atoms with van der Waals surface area (Å²) in [6.45, 7) is 0. The Labute approximate surface area is 87.9 Å². The van der Waals surface area contributed by atoms with Crippen LogP contribution in [0.3, 0.4) is 0 Å². The lowest BCUT2D eigenvalue weighted by Crippen LogP contribution is -2.03. The summed E-state index contributed by atoms with van der Waals surface area (Å²) in [5, 5.41) is 0. The number of nitrogens with one attached hydrogen (secondary N) is 1. The number of Topliss-reactive ketones (excluding diaryl/α,β-unsaturated/α-hetero) is 1. The van der Waals surface area contributed by atoms with E-state index in [0.29, 0.717) is 11.4 Å². The Morgan fingerprint density at radius 1 is 1.62 bits per heavy atom. The minimum absolute atomic E-state index is 0.175. The number of rotatable bonds is 6. The first-order valence-electron chi connectivity index (χ1n) is 4.20. The van der Waals surface area contributed by atoms with Crippen LogP contribution in [0.1, 0.15) is 16.9 Å². The molecule has 0 fully saturated rings. The molecule has 0 radical (unpaired) electrons. The number of aromatic nitrogens is 1. The summed E-state index contributed by atoms with van der Waals surface area (Å²) >= 11 is 5.77. The smallest absolute Gasteiger partial charge is 0.188 e. The van der Waals surface area contributed by atoms with Crippen LogP contribution >= 0.6 is 24.4 Å². The van der Waals surface area contributed by atoms with Crippen molar-refractivity contribution in [3.63, 3.8) is 0 Å².